The largest absolute Gasteiger partial charge is 0.342 e. The van der Waals surface area contributed by atoms with E-state index < -0.39 is 0 Å². The molecule has 0 saturated carbocycles. The third-order valence-corrected chi connectivity index (χ3v) is 6.47. The molecule has 6 nitrogen and oxygen atoms in total. The summed E-state index contributed by atoms with van der Waals surface area (Å²) < 4.78 is 0. The highest BCUT2D eigenvalue weighted by molar-refractivity contribution is 5.78. The Hall–Kier alpha value is -3.67. The van der Waals surface area contributed by atoms with Crippen LogP contribution in [0.4, 0.5) is 0 Å². The van der Waals surface area contributed by atoms with Crippen molar-refractivity contribution < 1.29 is 4.79 Å². The van der Waals surface area contributed by atoms with E-state index in [1.165, 1.54) is 0 Å². The molecule has 0 aliphatic carbocycles. The lowest BCUT2D eigenvalue weighted by atomic mass is 9.97. The van der Waals surface area contributed by atoms with Crippen molar-refractivity contribution in [2.75, 3.05) is 7.05 Å². The molecule has 34 heavy (non-hydrogen) atoms. The van der Waals surface area contributed by atoms with Crippen LogP contribution in [0, 0.1) is 11.8 Å². The second kappa shape index (κ2) is 10.1. The maximum Gasteiger partial charge on any atom is 0.225 e. The number of rotatable bonds is 8. The van der Waals surface area contributed by atoms with Gasteiger partial charge in [-0.05, 0) is 28.2 Å². The van der Waals surface area contributed by atoms with Crippen LogP contribution in [0.2, 0.25) is 0 Å². The number of nitrogens with one attached hydrogen (secondary N) is 2. The molecule has 2 aromatic heterocycles. The monoisotopic (exact) mass is 455 g/mol. The Balaban J connectivity index is 1.43. The lowest BCUT2D eigenvalue weighted by molar-refractivity contribution is -0.135. The molecule has 6 heteroatoms. The van der Waals surface area contributed by atoms with Crippen molar-refractivity contribution in [2.24, 2.45) is 11.8 Å². The number of aromatic nitrogens is 4. The van der Waals surface area contributed by atoms with E-state index in [0.717, 1.165) is 51.7 Å². The molecule has 1 amide bonds. The second-order valence-electron chi connectivity index (χ2n) is 9.22. The quantitative estimate of drug-likeness (QED) is 0.345. The van der Waals surface area contributed by atoms with Gasteiger partial charge in [0.1, 0.15) is 11.6 Å². The van der Waals surface area contributed by atoms with Gasteiger partial charge in [0.15, 0.2) is 0 Å². The summed E-state index contributed by atoms with van der Waals surface area (Å²) in [6.45, 7) is 8.68. The molecule has 0 unspecified atom stereocenters. The number of nitrogens with zero attached hydrogens (tertiary/aromatic N) is 3. The van der Waals surface area contributed by atoms with Gasteiger partial charge in [-0.3, -0.25) is 4.79 Å². The molecule has 2 heterocycles. The number of benzene rings is 2. The maximum absolute atomic E-state index is 12.5. The SMILES string of the molecule is CCc1ncc(-c2ccc(-c3ccc(-c4cnc(CN(C)C(=O)[C@@H](C)C(C)C)[nH]4)cc3)cc2)[nH]1. The van der Waals surface area contributed by atoms with Gasteiger partial charge in [0.25, 0.3) is 0 Å². The molecule has 0 aliphatic heterocycles. The highest BCUT2D eigenvalue weighted by Crippen LogP contribution is 2.27. The first-order valence-corrected chi connectivity index (χ1v) is 11.9. The van der Waals surface area contributed by atoms with Gasteiger partial charge in [0.2, 0.25) is 5.91 Å². The van der Waals surface area contributed by atoms with E-state index in [1.54, 1.807) is 4.90 Å². The van der Waals surface area contributed by atoms with E-state index in [9.17, 15) is 4.79 Å². The topological polar surface area (TPSA) is 77.7 Å². The summed E-state index contributed by atoms with van der Waals surface area (Å²) in [5, 5.41) is 0. The zero-order valence-corrected chi connectivity index (χ0v) is 20.6. The fourth-order valence-corrected chi connectivity index (χ4v) is 3.90. The zero-order valence-electron chi connectivity index (χ0n) is 20.6. The number of carbonyl (C=O) groups is 1. The van der Waals surface area contributed by atoms with Crippen LogP contribution in [0.3, 0.4) is 0 Å². The average molecular weight is 456 g/mol. The number of imidazole rings is 2. The first-order valence-electron chi connectivity index (χ1n) is 11.9. The first kappa shape index (κ1) is 23.5. The predicted molar refractivity (Wildman–Crippen MR) is 137 cm³/mol. The van der Waals surface area contributed by atoms with Crippen molar-refractivity contribution in [3.63, 3.8) is 0 Å². The number of aryl methyl sites for hydroxylation is 1. The van der Waals surface area contributed by atoms with E-state index in [-0.39, 0.29) is 11.8 Å². The van der Waals surface area contributed by atoms with Crippen molar-refractivity contribution in [2.45, 2.75) is 40.7 Å². The molecule has 1 atom stereocenters. The summed E-state index contributed by atoms with van der Waals surface area (Å²) >= 11 is 0. The molecule has 0 radical (unpaired) electrons. The van der Waals surface area contributed by atoms with Crippen molar-refractivity contribution >= 4 is 5.91 Å². The van der Waals surface area contributed by atoms with Crippen LogP contribution < -0.4 is 0 Å². The van der Waals surface area contributed by atoms with Crippen LogP contribution in [0.5, 0.6) is 0 Å². The summed E-state index contributed by atoms with van der Waals surface area (Å²) in [6, 6.07) is 16.9. The molecule has 2 aromatic carbocycles. The molecule has 2 N–H and O–H groups in total. The molecule has 4 rings (SSSR count). The molecule has 4 aromatic rings. The van der Waals surface area contributed by atoms with Crippen LogP contribution in [0.15, 0.2) is 60.9 Å². The number of amides is 1. The Labute approximate surface area is 201 Å². The van der Waals surface area contributed by atoms with Crippen LogP contribution in [0.25, 0.3) is 33.6 Å². The molecule has 0 fully saturated rings. The molecular formula is C28H33N5O. The third-order valence-electron chi connectivity index (χ3n) is 6.47. The predicted octanol–water partition coefficient (Wildman–Crippen LogP) is 5.95. The van der Waals surface area contributed by atoms with E-state index in [4.69, 9.17) is 0 Å². The summed E-state index contributed by atoms with van der Waals surface area (Å²) in [7, 11) is 1.83. The maximum atomic E-state index is 12.5. The Morgan fingerprint density at radius 3 is 1.68 bits per heavy atom. The fraction of sp³-hybridized carbons (Fsp3) is 0.321. The van der Waals surface area contributed by atoms with E-state index in [2.05, 4.69) is 89.2 Å². The summed E-state index contributed by atoms with van der Waals surface area (Å²) in [4.78, 5) is 29.9. The number of aromatic amines is 2. The van der Waals surface area contributed by atoms with Gasteiger partial charge in [-0.1, -0.05) is 76.2 Å². The number of carbonyl (C=O) groups excluding carboxylic acids is 1. The normalized spacial score (nSPS) is 12.2. The molecule has 0 bridgehead atoms. The lowest BCUT2D eigenvalue weighted by Gasteiger charge is -2.22. The highest BCUT2D eigenvalue weighted by Gasteiger charge is 2.21. The Morgan fingerprint density at radius 1 is 0.794 bits per heavy atom. The number of H-pyrrole nitrogens is 2. The van der Waals surface area contributed by atoms with Crippen molar-refractivity contribution in [3.05, 3.63) is 72.6 Å². The molecule has 0 saturated heterocycles. The summed E-state index contributed by atoms with van der Waals surface area (Å²) in [5.41, 5.74) is 6.49. The number of hydrogen-bond acceptors (Lipinski definition) is 3. The standard InChI is InChI=1S/C28H33N5O/c1-6-26-29-15-24(31-26)22-11-7-20(8-12-22)21-9-13-23(14-10-21)25-16-30-27(32-25)17-33(5)28(34)19(4)18(2)3/h7-16,18-19H,6,17H2,1-5H3,(H,29,31)(H,30,32)/t19-/m0/s1. The van der Waals surface area contributed by atoms with Crippen LogP contribution in [-0.2, 0) is 17.8 Å². The zero-order chi connectivity index (χ0) is 24.2. The Morgan fingerprint density at radius 2 is 1.24 bits per heavy atom. The summed E-state index contributed by atoms with van der Waals surface area (Å²) in [5.74, 6) is 2.23. The highest BCUT2D eigenvalue weighted by atomic mass is 16.2. The van der Waals surface area contributed by atoms with Crippen LogP contribution in [0.1, 0.15) is 39.3 Å². The number of hydrogen-bond donors (Lipinski definition) is 2. The van der Waals surface area contributed by atoms with Gasteiger partial charge in [0, 0.05) is 19.4 Å². The van der Waals surface area contributed by atoms with Crippen molar-refractivity contribution in [1.29, 1.82) is 0 Å². The Bertz CT molecular complexity index is 1230. The van der Waals surface area contributed by atoms with Gasteiger partial charge >= 0.3 is 0 Å². The third kappa shape index (κ3) is 5.11. The molecule has 0 spiro atoms. The van der Waals surface area contributed by atoms with E-state index >= 15 is 0 Å². The minimum atomic E-state index is -0.00524. The van der Waals surface area contributed by atoms with Gasteiger partial charge < -0.3 is 14.9 Å². The van der Waals surface area contributed by atoms with Crippen LogP contribution >= 0.6 is 0 Å². The molecule has 176 valence electrons. The minimum Gasteiger partial charge on any atom is -0.342 e. The van der Waals surface area contributed by atoms with Gasteiger partial charge in [-0.15, -0.1) is 0 Å². The van der Waals surface area contributed by atoms with E-state index in [1.807, 2.05) is 26.4 Å². The van der Waals surface area contributed by atoms with Crippen molar-refractivity contribution in [3.8, 4) is 33.6 Å². The van der Waals surface area contributed by atoms with Gasteiger partial charge in [-0.25, -0.2) is 9.97 Å². The summed E-state index contributed by atoms with van der Waals surface area (Å²) in [6.07, 6.45) is 4.62. The van der Waals surface area contributed by atoms with Crippen LogP contribution in [-0.4, -0.2) is 37.8 Å². The van der Waals surface area contributed by atoms with Gasteiger partial charge in [0.05, 0.1) is 30.3 Å². The average Bonchev–Trinajstić information content (AvgIpc) is 3.53. The minimum absolute atomic E-state index is 0.00524. The molecular weight excluding hydrogens is 422 g/mol. The van der Waals surface area contributed by atoms with Gasteiger partial charge in [-0.2, -0.15) is 0 Å². The Kier molecular flexibility index (Phi) is 6.96. The second-order valence-corrected chi connectivity index (χ2v) is 9.22. The van der Waals surface area contributed by atoms with Crippen molar-refractivity contribution in [1.82, 2.24) is 24.8 Å². The molecule has 0 aliphatic rings. The fourth-order valence-electron chi connectivity index (χ4n) is 3.90. The lowest BCUT2D eigenvalue weighted by Crippen LogP contribution is -2.33. The smallest absolute Gasteiger partial charge is 0.225 e. The van der Waals surface area contributed by atoms with E-state index in [0.29, 0.717) is 12.5 Å². The first-order chi connectivity index (χ1) is 16.4.